The number of thiazole rings is 4. The van der Waals surface area contributed by atoms with Crippen LogP contribution in [0.25, 0.3) is 83.2 Å². The summed E-state index contributed by atoms with van der Waals surface area (Å²) >= 11 is 12.5. The summed E-state index contributed by atoms with van der Waals surface area (Å²) in [5.41, 5.74) is 16.2. The van der Waals surface area contributed by atoms with Crippen LogP contribution in [0, 0.1) is 19.8 Å². The first-order chi connectivity index (χ1) is 64.1. The molecule has 34 heteroatoms. The molecule has 4 amide bonds. The van der Waals surface area contributed by atoms with Gasteiger partial charge in [-0.15, -0.1) is 90.7 Å². The van der Waals surface area contributed by atoms with E-state index in [0.717, 1.165) is 225 Å². The van der Waals surface area contributed by atoms with Gasteiger partial charge in [-0.2, -0.15) is 26.3 Å². The van der Waals surface area contributed by atoms with Gasteiger partial charge in [0.05, 0.1) is 71.2 Å². The number of aromatic nitrogens is 4. The first-order valence-electron chi connectivity index (χ1n) is 45.4. The molecule has 0 fully saturated rings. The number of carbonyl (C=O) groups excluding carboxylic acids is 6. The molecule has 0 saturated carbocycles. The van der Waals surface area contributed by atoms with Gasteiger partial charge >= 0.3 is 24.5 Å². The summed E-state index contributed by atoms with van der Waals surface area (Å²) in [6.07, 6.45) is 7.93. The Morgan fingerprint density at radius 1 is 0.489 bits per heavy atom. The summed E-state index contributed by atoms with van der Waals surface area (Å²) in [6, 6.07) is 19.8. The predicted molar refractivity (Wildman–Crippen MR) is 540 cm³/mol. The Kier molecular flexibility index (Phi) is 35.9. The zero-order valence-corrected chi connectivity index (χ0v) is 85.6. The molecule has 16 rings (SSSR count). The molecule has 2 aliphatic carbocycles. The number of nitrogens with one attached hydrogen (secondary N) is 2. The second-order valence-electron chi connectivity index (χ2n) is 36.4. The van der Waals surface area contributed by atoms with Gasteiger partial charge in [0.2, 0.25) is 11.8 Å². The summed E-state index contributed by atoms with van der Waals surface area (Å²) in [6.45, 7) is 34.6. The molecule has 4 aliphatic rings. The number of ketones is 2. The fraction of sp³-hybridized carbons (Fsp3) is 0.465. The maximum absolute atomic E-state index is 13.2. The van der Waals surface area contributed by atoms with Gasteiger partial charge in [-0.3, -0.25) is 19.2 Å². The van der Waals surface area contributed by atoms with Crippen LogP contribution >= 0.6 is 90.7 Å². The first-order valence-corrected chi connectivity index (χ1v) is 52.0. The van der Waals surface area contributed by atoms with Gasteiger partial charge in [-0.25, -0.2) is 29.5 Å². The Labute approximate surface area is 816 Å². The van der Waals surface area contributed by atoms with E-state index in [1.807, 2.05) is 69.2 Å². The molecular formula is C101H119F6N9O11S8. The molecule has 4 atom stereocenters. The second kappa shape index (κ2) is 46.2. The van der Waals surface area contributed by atoms with Crippen molar-refractivity contribution in [2.75, 3.05) is 64.9 Å². The second-order valence-corrected chi connectivity index (χ2v) is 45.0. The molecule has 8 aromatic heterocycles. The lowest BCUT2D eigenvalue weighted by atomic mass is 9.87. The van der Waals surface area contributed by atoms with Gasteiger partial charge in [0.1, 0.15) is 52.8 Å². The molecule has 4 unspecified atom stereocenters. The molecule has 0 bridgehead atoms. The number of thiophene rings is 4. The molecule has 4 aromatic carbocycles. The minimum atomic E-state index is -4.39. The van der Waals surface area contributed by atoms with Crippen molar-refractivity contribution in [3.05, 3.63) is 172 Å². The lowest BCUT2D eigenvalue weighted by Crippen LogP contribution is -2.44. The number of amides is 4. The van der Waals surface area contributed by atoms with Crippen molar-refractivity contribution in [3.8, 4) is 42.3 Å². The van der Waals surface area contributed by atoms with Crippen molar-refractivity contribution in [2.24, 2.45) is 11.7 Å². The number of halogens is 6. The third kappa shape index (κ3) is 26.9. The Balaban J connectivity index is 0.000000159. The molecule has 0 saturated heterocycles. The van der Waals surface area contributed by atoms with Gasteiger partial charge in [-0.05, 0) is 264 Å². The molecular weight excluding hydrogens is 1890 g/mol. The van der Waals surface area contributed by atoms with Crippen molar-refractivity contribution < 1.29 is 78.8 Å². The normalized spacial score (nSPS) is 15.9. The molecule has 12 aromatic rings. The average Bonchev–Trinajstić information content (AvgIpc) is 1.60. The highest BCUT2D eigenvalue weighted by Crippen LogP contribution is 2.53. The number of methoxy groups -OCH3 is 3. The number of aryl methyl sites for hydroxylation is 3. The third-order valence-corrected chi connectivity index (χ3v) is 32.7. The van der Waals surface area contributed by atoms with E-state index in [9.17, 15) is 55.1 Å². The van der Waals surface area contributed by atoms with E-state index in [2.05, 4.69) is 88.7 Å². The SMILES string of the molecule is C=CC(=O)Nc1sc2c(c1-c1nc3cc(C)ccc3s1)CC(C)N(C(=O)OC(C)(C)C)C2.C=CC(=O)Nc1sc2c(c1-c1nc3cc(C)ccc3s1)CCN(C(=O)OC(C)(C)C)C2C.COCCCCCC(=O)Cc1sc2c(c1-c1nc3cc(C(F)(F)F)ccc3s1)CC(C)CC2.COCCCCCC(=O)Cc1sc2c(c1-c1nc3cc(C(F)(F)F)ccc3s1)CCCC2C.COCCN. The minimum Gasteiger partial charge on any atom is -0.444 e. The predicted octanol–water partition coefficient (Wildman–Crippen LogP) is 27.3. The van der Waals surface area contributed by atoms with E-state index in [-0.39, 0.29) is 47.7 Å². The number of anilines is 2. The van der Waals surface area contributed by atoms with Crippen LogP contribution in [0.1, 0.15) is 226 Å². The van der Waals surface area contributed by atoms with Crippen LogP contribution in [0.2, 0.25) is 0 Å². The van der Waals surface area contributed by atoms with E-state index in [1.54, 1.807) is 76.5 Å². The van der Waals surface area contributed by atoms with Crippen LogP contribution in [0.15, 0.2) is 98.1 Å². The first kappa shape index (κ1) is 105. The smallest absolute Gasteiger partial charge is 0.416 e. The lowest BCUT2D eigenvalue weighted by Gasteiger charge is -2.35. The molecule has 4 N–H and O–H groups in total. The molecule has 2 aliphatic heterocycles. The highest BCUT2D eigenvalue weighted by Gasteiger charge is 2.40. The van der Waals surface area contributed by atoms with Crippen molar-refractivity contribution in [1.29, 1.82) is 0 Å². The van der Waals surface area contributed by atoms with Gasteiger partial charge < -0.3 is 49.9 Å². The van der Waals surface area contributed by atoms with Crippen molar-refractivity contribution in [1.82, 2.24) is 29.7 Å². The van der Waals surface area contributed by atoms with Crippen LogP contribution in [-0.4, -0.2) is 137 Å². The standard InChI is InChI=1S/2C25H28F3NO2S2.2C24H27N3O3S2.C3H9NO/c1-15-7-6-9-18-22(21(32-23(15)18)14-17(30)8-4-3-5-12-31-2)24-29-19-13-16(25(26,27)28)10-11-20(19)33-24;1-15-7-9-20-18(12-15)23(22(32-20)14-17(30)6-4-3-5-11-31-2)24-29-19-13-16(25(26,27)28)8-10-21(19)33-24;1-7-19(28)26-22-20(21-25-16-10-13(2)8-9-17(16)31-21)15-11-14(3)27(12-18(15)32-22)23(29)30-24(4,5)6;1-7-18(28)26-22-19(21-25-16-12-13(2)8-9-17(16)31-21)15-10-11-27(14(3)20(15)32-22)23(29)30-24(4,5)6;1-5-3-2-4/h10-11,13,15H,3-9,12,14H2,1-2H3;8,10,13,15H,3-7,9,11-12,14H2,1-2H3;7-10,14H,1,11-12H2,2-6H3,(H,26,28);7-9,12,14H,1,10-11H2,2-6H3,(H,26,28);2-4H2,1H3. The molecule has 135 heavy (non-hydrogen) atoms. The average molecular weight is 2010 g/mol. The summed E-state index contributed by atoms with van der Waals surface area (Å²) < 4.78 is 109. The molecule has 724 valence electrons. The number of nitrogens with two attached hydrogens (primary N) is 1. The summed E-state index contributed by atoms with van der Waals surface area (Å²) in [4.78, 5) is 105. The van der Waals surface area contributed by atoms with Crippen LogP contribution < -0.4 is 16.4 Å². The number of alkyl halides is 6. The molecule has 0 spiro atoms. The van der Waals surface area contributed by atoms with Crippen molar-refractivity contribution in [2.45, 2.75) is 247 Å². The Hall–Kier alpha value is -9.04. The lowest BCUT2D eigenvalue weighted by molar-refractivity contribution is -0.138. The van der Waals surface area contributed by atoms with E-state index in [0.29, 0.717) is 101 Å². The maximum Gasteiger partial charge on any atom is 0.416 e. The Morgan fingerprint density at radius 2 is 0.926 bits per heavy atom. The number of unbranched alkanes of at least 4 members (excludes halogenated alkanes) is 4. The topological polar surface area (TPSA) is 257 Å². The maximum atomic E-state index is 13.2. The van der Waals surface area contributed by atoms with Crippen molar-refractivity contribution >= 4 is 177 Å². The highest BCUT2D eigenvalue weighted by atomic mass is 32.1. The van der Waals surface area contributed by atoms with E-state index in [1.165, 1.54) is 90.5 Å². The number of fused-ring (bicyclic) bond motifs is 8. The molecule has 0 radical (unpaired) electrons. The number of benzene rings is 4. The van der Waals surface area contributed by atoms with E-state index >= 15 is 0 Å². The van der Waals surface area contributed by atoms with Gasteiger partial charge in [0.25, 0.3) is 0 Å². The summed E-state index contributed by atoms with van der Waals surface area (Å²) in [7, 11) is 4.99. The number of carbonyl (C=O) groups is 6. The number of hydrogen-bond acceptors (Lipinski definition) is 24. The van der Waals surface area contributed by atoms with Gasteiger partial charge in [0.15, 0.2) is 0 Å². The van der Waals surface area contributed by atoms with E-state index in [4.69, 9.17) is 34.6 Å². The zero-order valence-electron chi connectivity index (χ0n) is 79.1. The fourth-order valence-corrected chi connectivity index (χ4v) is 26.4. The third-order valence-electron chi connectivity index (χ3n) is 23.2. The number of Topliss-reactive ketones (excluding diaryl/α,β-unsaturated/α-hetero) is 2. The number of ether oxygens (including phenoxy) is 5. The van der Waals surface area contributed by atoms with Crippen LogP contribution in [0.4, 0.5) is 45.9 Å². The van der Waals surface area contributed by atoms with Gasteiger partial charge in [0, 0.05) is 131 Å². The number of nitrogens with zero attached hydrogens (tertiary/aromatic N) is 6. The zero-order chi connectivity index (χ0) is 97.7. The molecule has 20 nitrogen and oxygen atoms in total. The van der Waals surface area contributed by atoms with Crippen LogP contribution in [0.3, 0.4) is 0 Å². The summed E-state index contributed by atoms with van der Waals surface area (Å²) in [5, 5.41) is 10.6. The number of rotatable bonds is 26. The van der Waals surface area contributed by atoms with Crippen LogP contribution in [-0.2, 0) is 107 Å². The van der Waals surface area contributed by atoms with Crippen molar-refractivity contribution in [3.63, 3.8) is 0 Å². The molecule has 10 heterocycles. The van der Waals surface area contributed by atoms with Crippen LogP contribution in [0.5, 0.6) is 0 Å². The largest absolute Gasteiger partial charge is 0.444 e. The monoisotopic (exact) mass is 2000 g/mol. The fourth-order valence-electron chi connectivity index (χ4n) is 16.6. The van der Waals surface area contributed by atoms with Gasteiger partial charge in [-0.1, -0.05) is 52.0 Å². The Morgan fingerprint density at radius 3 is 1.39 bits per heavy atom. The Bertz CT molecular complexity index is 6230. The van der Waals surface area contributed by atoms with E-state index < -0.39 is 34.7 Å². The minimum absolute atomic E-state index is 0.0368. The number of hydrogen-bond donors (Lipinski definition) is 3. The summed E-state index contributed by atoms with van der Waals surface area (Å²) in [5.74, 6) is 0.862. The quantitative estimate of drug-likeness (QED) is 0.0259. The highest BCUT2D eigenvalue weighted by molar-refractivity contribution is 7.24.